The molecule has 0 atom stereocenters. The maximum absolute atomic E-state index is 2.57. The molecule has 0 bridgehead atoms. The maximum Gasteiger partial charge on any atom is 0.0726 e. The molecule has 1 spiro atoms. The predicted molar refractivity (Wildman–Crippen MR) is 243 cm³/mol. The number of rotatable bonds is 3. The highest BCUT2D eigenvalue weighted by Crippen LogP contribution is 2.63. The summed E-state index contributed by atoms with van der Waals surface area (Å²) in [5.41, 5.74) is 13.7. The average Bonchev–Trinajstić information content (AvgIpc) is 3.91. The van der Waals surface area contributed by atoms with Gasteiger partial charge in [-0.15, -0.1) is 11.3 Å². The molecule has 2 aliphatic rings. The standard InChI is InChI=1S/C55H33NS/c1-2-16-37-35(15-1)36-17-3-4-22-43(36)53-44(37)23-13-28-50(53)56(51-29-14-24-45-42-21-8-12-30-52(42)57-54(45)51)34-31-32-41-40-20-7-11-27-48(40)55(49(41)33-34)46-25-9-5-18-38(46)39-19-6-10-26-47(39)55/h1-33H. The molecular formula is C55H33NS. The van der Waals surface area contributed by atoms with Crippen LogP contribution in [0.25, 0.3) is 74.7 Å². The van der Waals surface area contributed by atoms with Gasteiger partial charge in [-0.3, -0.25) is 0 Å². The molecule has 2 heteroatoms. The molecule has 0 saturated carbocycles. The molecule has 1 aromatic heterocycles. The number of hydrogen-bond donors (Lipinski definition) is 0. The molecule has 1 heterocycles. The number of thiophene rings is 1. The van der Waals surface area contributed by atoms with Gasteiger partial charge in [-0.1, -0.05) is 170 Å². The fraction of sp³-hybridized carbons (Fsp3) is 0.0182. The van der Waals surface area contributed by atoms with E-state index in [4.69, 9.17) is 0 Å². The summed E-state index contributed by atoms with van der Waals surface area (Å²) >= 11 is 1.89. The van der Waals surface area contributed by atoms with Gasteiger partial charge in [-0.2, -0.15) is 0 Å². The normalized spacial score (nSPS) is 13.4. The van der Waals surface area contributed by atoms with Crippen LogP contribution in [0.3, 0.4) is 0 Å². The van der Waals surface area contributed by atoms with Crippen LogP contribution >= 0.6 is 11.3 Å². The Kier molecular flexibility index (Phi) is 6.31. The van der Waals surface area contributed by atoms with Crippen molar-refractivity contribution in [2.45, 2.75) is 5.41 Å². The fourth-order valence-corrected chi connectivity index (χ4v) is 11.9. The minimum absolute atomic E-state index is 0.438. The average molecular weight is 740 g/mol. The number of benzene rings is 10. The van der Waals surface area contributed by atoms with Crippen LogP contribution in [0.4, 0.5) is 17.1 Å². The zero-order chi connectivity index (χ0) is 37.2. The second-order valence-corrected chi connectivity index (χ2v) is 16.5. The van der Waals surface area contributed by atoms with Crippen LogP contribution in [0.5, 0.6) is 0 Å². The van der Waals surface area contributed by atoms with Crippen LogP contribution in [-0.2, 0) is 5.41 Å². The lowest BCUT2D eigenvalue weighted by Crippen LogP contribution is -2.26. The Morgan fingerprint density at radius 2 is 0.789 bits per heavy atom. The van der Waals surface area contributed by atoms with E-state index in [0.717, 1.165) is 5.69 Å². The zero-order valence-electron chi connectivity index (χ0n) is 30.9. The van der Waals surface area contributed by atoms with Crippen molar-refractivity contribution in [2.24, 2.45) is 0 Å². The maximum atomic E-state index is 2.57. The predicted octanol–water partition coefficient (Wildman–Crippen LogP) is 15.3. The lowest BCUT2D eigenvalue weighted by Gasteiger charge is -2.32. The van der Waals surface area contributed by atoms with E-state index in [9.17, 15) is 0 Å². The molecule has 10 aromatic carbocycles. The minimum atomic E-state index is -0.438. The Morgan fingerprint density at radius 1 is 0.333 bits per heavy atom. The van der Waals surface area contributed by atoms with E-state index in [1.165, 1.54) is 108 Å². The van der Waals surface area contributed by atoms with Crippen LogP contribution in [0.15, 0.2) is 200 Å². The molecule has 264 valence electrons. The van der Waals surface area contributed by atoms with Gasteiger partial charge in [0.05, 0.1) is 21.5 Å². The van der Waals surface area contributed by atoms with E-state index in [2.05, 4.69) is 205 Å². The molecule has 0 fully saturated rings. The lowest BCUT2D eigenvalue weighted by molar-refractivity contribution is 0.793. The number of nitrogens with zero attached hydrogens (tertiary/aromatic N) is 1. The molecular weight excluding hydrogens is 707 g/mol. The van der Waals surface area contributed by atoms with Gasteiger partial charge in [-0.05, 0) is 102 Å². The van der Waals surface area contributed by atoms with E-state index in [1.807, 2.05) is 11.3 Å². The summed E-state index contributed by atoms with van der Waals surface area (Å²) in [7, 11) is 0. The topological polar surface area (TPSA) is 3.24 Å². The molecule has 0 unspecified atom stereocenters. The summed E-state index contributed by atoms with van der Waals surface area (Å²) in [5, 5.41) is 10.2. The van der Waals surface area contributed by atoms with Crippen molar-refractivity contribution in [1.82, 2.24) is 0 Å². The van der Waals surface area contributed by atoms with Crippen LogP contribution in [0.1, 0.15) is 22.3 Å². The fourth-order valence-electron chi connectivity index (χ4n) is 10.7. The third-order valence-corrected chi connectivity index (χ3v) is 14.1. The van der Waals surface area contributed by atoms with Crippen molar-refractivity contribution in [2.75, 3.05) is 4.90 Å². The highest BCUT2D eigenvalue weighted by atomic mass is 32.1. The summed E-state index contributed by atoms with van der Waals surface area (Å²) < 4.78 is 2.59. The Hall–Kier alpha value is -7.00. The first-order chi connectivity index (χ1) is 28.3. The molecule has 13 rings (SSSR count). The Balaban J connectivity index is 1.18. The van der Waals surface area contributed by atoms with Crippen molar-refractivity contribution in [3.05, 3.63) is 222 Å². The SMILES string of the molecule is c1ccc2c(c1)-c1ccccc1C21c2ccccc2-c2ccc(N(c3cccc4c3sc3ccccc34)c3cccc4c5ccccc5c5ccccc5c34)cc21. The highest BCUT2D eigenvalue weighted by Gasteiger charge is 2.51. The number of hydrogen-bond acceptors (Lipinski definition) is 2. The summed E-state index contributed by atoms with van der Waals surface area (Å²) in [6, 6.07) is 75.1. The van der Waals surface area contributed by atoms with Gasteiger partial charge >= 0.3 is 0 Å². The van der Waals surface area contributed by atoms with Crippen molar-refractivity contribution in [3.8, 4) is 22.3 Å². The molecule has 0 amide bonds. The number of anilines is 3. The first-order valence-electron chi connectivity index (χ1n) is 19.8. The zero-order valence-corrected chi connectivity index (χ0v) is 31.7. The summed E-state index contributed by atoms with van der Waals surface area (Å²) in [6.45, 7) is 0. The lowest BCUT2D eigenvalue weighted by atomic mass is 9.70. The van der Waals surface area contributed by atoms with E-state index < -0.39 is 5.41 Å². The van der Waals surface area contributed by atoms with Gasteiger partial charge in [0.15, 0.2) is 0 Å². The van der Waals surface area contributed by atoms with Crippen molar-refractivity contribution < 1.29 is 0 Å². The van der Waals surface area contributed by atoms with Crippen molar-refractivity contribution in [3.63, 3.8) is 0 Å². The minimum Gasteiger partial charge on any atom is -0.308 e. The summed E-state index contributed by atoms with van der Waals surface area (Å²) in [4.78, 5) is 2.57. The van der Waals surface area contributed by atoms with Gasteiger partial charge in [0, 0.05) is 26.5 Å². The second kappa shape index (κ2) is 11.5. The quantitative estimate of drug-likeness (QED) is 0.163. The van der Waals surface area contributed by atoms with Gasteiger partial charge in [-0.25, -0.2) is 0 Å². The highest BCUT2D eigenvalue weighted by molar-refractivity contribution is 7.26. The van der Waals surface area contributed by atoms with Crippen molar-refractivity contribution >= 4 is 80.9 Å². The smallest absolute Gasteiger partial charge is 0.0726 e. The molecule has 0 radical (unpaired) electrons. The van der Waals surface area contributed by atoms with Gasteiger partial charge < -0.3 is 4.90 Å². The summed E-state index contributed by atoms with van der Waals surface area (Å²) in [5.74, 6) is 0. The third kappa shape index (κ3) is 4.02. The Bertz CT molecular complexity index is 3390. The van der Waals surface area contributed by atoms with Crippen molar-refractivity contribution in [1.29, 1.82) is 0 Å². The molecule has 0 aliphatic heterocycles. The van der Waals surface area contributed by atoms with E-state index >= 15 is 0 Å². The molecule has 2 aliphatic carbocycles. The van der Waals surface area contributed by atoms with E-state index in [1.54, 1.807) is 0 Å². The Labute approximate surface area is 334 Å². The monoisotopic (exact) mass is 739 g/mol. The van der Waals surface area contributed by atoms with Gasteiger partial charge in [0.25, 0.3) is 0 Å². The largest absolute Gasteiger partial charge is 0.308 e. The molecule has 1 nitrogen and oxygen atoms in total. The van der Waals surface area contributed by atoms with Gasteiger partial charge in [0.2, 0.25) is 0 Å². The third-order valence-electron chi connectivity index (χ3n) is 12.9. The first kappa shape index (κ1) is 31.2. The van der Waals surface area contributed by atoms with E-state index in [-0.39, 0.29) is 0 Å². The van der Waals surface area contributed by atoms with E-state index in [0.29, 0.717) is 0 Å². The molecule has 57 heavy (non-hydrogen) atoms. The van der Waals surface area contributed by atoms with Crippen LogP contribution in [0.2, 0.25) is 0 Å². The molecule has 11 aromatic rings. The van der Waals surface area contributed by atoms with Gasteiger partial charge in [0.1, 0.15) is 0 Å². The molecule has 0 N–H and O–H groups in total. The van der Waals surface area contributed by atoms with Crippen LogP contribution in [0, 0.1) is 0 Å². The molecule has 0 saturated heterocycles. The summed E-state index contributed by atoms with van der Waals surface area (Å²) in [6.07, 6.45) is 0. The number of fused-ring (bicyclic) bond motifs is 19. The Morgan fingerprint density at radius 3 is 1.42 bits per heavy atom. The van der Waals surface area contributed by atoms with Crippen LogP contribution in [-0.4, -0.2) is 0 Å². The second-order valence-electron chi connectivity index (χ2n) is 15.5. The van der Waals surface area contributed by atoms with Crippen LogP contribution < -0.4 is 4.90 Å². The first-order valence-corrected chi connectivity index (χ1v) is 20.6.